The van der Waals surface area contributed by atoms with E-state index in [9.17, 15) is 0 Å². The van der Waals surface area contributed by atoms with Crippen molar-refractivity contribution in [3.63, 3.8) is 0 Å². The highest BCUT2D eigenvalue weighted by molar-refractivity contribution is 5.86. The lowest BCUT2D eigenvalue weighted by Gasteiger charge is -2.07. The predicted octanol–water partition coefficient (Wildman–Crippen LogP) is 5.62. The molecule has 0 fully saturated rings. The first-order valence-corrected chi connectivity index (χ1v) is 7.86. The van der Waals surface area contributed by atoms with Gasteiger partial charge in [0, 0.05) is 11.8 Å². The van der Waals surface area contributed by atoms with Crippen LogP contribution in [0, 0.1) is 0 Å². The number of aliphatic imine (C=N–C) groups is 1. The van der Waals surface area contributed by atoms with Crippen molar-refractivity contribution in [3.05, 3.63) is 95.6 Å². The molecule has 2 nitrogen and oxygen atoms in total. The highest BCUT2D eigenvalue weighted by atomic mass is 16.5. The quantitative estimate of drug-likeness (QED) is 0.443. The topological polar surface area (TPSA) is 21.6 Å². The monoisotopic (exact) mass is 313 g/mol. The highest BCUT2D eigenvalue weighted by Crippen LogP contribution is 2.32. The van der Waals surface area contributed by atoms with E-state index in [-0.39, 0.29) is 0 Å². The van der Waals surface area contributed by atoms with Gasteiger partial charge in [0.2, 0.25) is 0 Å². The number of benzene rings is 3. The molecule has 0 atom stereocenters. The third kappa shape index (κ3) is 3.99. The first-order chi connectivity index (χ1) is 11.9. The largest absolute Gasteiger partial charge is 0.494 e. The van der Waals surface area contributed by atoms with Gasteiger partial charge in [-0.05, 0) is 17.2 Å². The molecule has 118 valence electrons. The van der Waals surface area contributed by atoms with E-state index in [0.29, 0.717) is 0 Å². The van der Waals surface area contributed by atoms with E-state index in [0.717, 1.165) is 28.1 Å². The summed E-state index contributed by atoms with van der Waals surface area (Å²) in [5.74, 6) is 0.761. The van der Waals surface area contributed by atoms with Gasteiger partial charge in [-0.3, -0.25) is 4.99 Å². The van der Waals surface area contributed by atoms with Crippen LogP contribution in [-0.4, -0.2) is 13.3 Å². The molecular weight excluding hydrogens is 294 g/mol. The molecule has 3 rings (SSSR count). The van der Waals surface area contributed by atoms with Crippen molar-refractivity contribution in [2.45, 2.75) is 0 Å². The summed E-state index contributed by atoms with van der Waals surface area (Å²) >= 11 is 0. The summed E-state index contributed by atoms with van der Waals surface area (Å²) in [5.41, 5.74) is 4.06. The maximum Gasteiger partial charge on any atom is 0.145 e. The molecule has 0 unspecified atom stereocenters. The Kier molecular flexibility index (Phi) is 5.21. The van der Waals surface area contributed by atoms with Crippen molar-refractivity contribution >= 4 is 24.1 Å². The van der Waals surface area contributed by atoms with Crippen molar-refractivity contribution in [3.8, 4) is 5.75 Å². The molecule has 0 N–H and O–H groups in total. The number of methoxy groups -OCH3 is 1. The minimum atomic E-state index is 0.761. The molecule has 0 amide bonds. The van der Waals surface area contributed by atoms with Crippen molar-refractivity contribution in [1.82, 2.24) is 0 Å². The molecule has 0 radical (unpaired) electrons. The molecule has 0 saturated carbocycles. The fourth-order valence-corrected chi connectivity index (χ4v) is 2.41. The molecule has 0 aliphatic rings. The molecule has 0 aromatic heterocycles. The second-order valence-corrected chi connectivity index (χ2v) is 5.31. The Labute approximate surface area is 142 Å². The fourth-order valence-electron chi connectivity index (χ4n) is 2.41. The summed E-state index contributed by atoms with van der Waals surface area (Å²) in [6, 6.07) is 26.2. The fraction of sp³-hybridized carbons (Fsp3) is 0.0455. The van der Waals surface area contributed by atoms with Crippen LogP contribution in [0.3, 0.4) is 0 Å². The summed E-state index contributed by atoms with van der Waals surface area (Å²) in [4.78, 5) is 4.66. The Morgan fingerprint density at radius 3 is 2.04 bits per heavy atom. The summed E-state index contributed by atoms with van der Waals surface area (Å²) in [6.07, 6.45) is 6.00. The smallest absolute Gasteiger partial charge is 0.145 e. The van der Waals surface area contributed by atoms with E-state index in [1.54, 1.807) is 7.11 Å². The Bertz CT molecular complexity index is 836. The van der Waals surface area contributed by atoms with Crippen molar-refractivity contribution in [1.29, 1.82) is 0 Å². The van der Waals surface area contributed by atoms with Gasteiger partial charge < -0.3 is 4.74 Å². The van der Waals surface area contributed by atoms with Gasteiger partial charge in [-0.25, -0.2) is 0 Å². The van der Waals surface area contributed by atoms with Crippen molar-refractivity contribution < 1.29 is 4.74 Å². The lowest BCUT2D eigenvalue weighted by molar-refractivity contribution is 0.416. The van der Waals surface area contributed by atoms with Crippen LogP contribution >= 0.6 is 0 Å². The minimum absolute atomic E-state index is 0.761. The van der Waals surface area contributed by atoms with Crippen LogP contribution in [-0.2, 0) is 0 Å². The molecule has 2 heteroatoms. The van der Waals surface area contributed by atoms with E-state index in [2.05, 4.69) is 29.3 Å². The van der Waals surface area contributed by atoms with E-state index < -0.39 is 0 Å². The zero-order valence-electron chi connectivity index (χ0n) is 13.6. The molecule has 0 bridgehead atoms. The lowest BCUT2D eigenvalue weighted by atomic mass is 10.1. The van der Waals surface area contributed by atoms with Crippen molar-refractivity contribution in [2.75, 3.05) is 7.11 Å². The molecular formula is C22H19NO. The Morgan fingerprint density at radius 1 is 0.708 bits per heavy atom. The Morgan fingerprint density at radius 2 is 1.38 bits per heavy atom. The van der Waals surface area contributed by atoms with Gasteiger partial charge in [0.05, 0.1) is 7.11 Å². The summed E-state index contributed by atoms with van der Waals surface area (Å²) < 4.78 is 5.48. The average Bonchev–Trinajstić information content (AvgIpc) is 2.66. The predicted molar refractivity (Wildman–Crippen MR) is 102 cm³/mol. The first-order valence-electron chi connectivity index (χ1n) is 7.86. The van der Waals surface area contributed by atoms with E-state index in [1.165, 1.54) is 0 Å². The minimum Gasteiger partial charge on any atom is -0.494 e. The second-order valence-electron chi connectivity index (χ2n) is 5.31. The Balaban J connectivity index is 1.95. The summed E-state index contributed by atoms with van der Waals surface area (Å²) in [7, 11) is 1.67. The Hall–Kier alpha value is -3.13. The molecule has 0 heterocycles. The number of hydrogen-bond donors (Lipinski definition) is 0. The van der Waals surface area contributed by atoms with Crippen LogP contribution < -0.4 is 4.74 Å². The van der Waals surface area contributed by atoms with Gasteiger partial charge in [0.15, 0.2) is 0 Å². The first kappa shape index (κ1) is 15.8. The van der Waals surface area contributed by atoms with Crippen LogP contribution in [0.1, 0.15) is 16.7 Å². The zero-order chi connectivity index (χ0) is 16.6. The van der Waals surface area contributed by atoms with E-state index in [1.807, 2.05) is 72.9 Å². The molecule has 0 spiro atoms. The molecule has 3 aromatic rings. The summed E-state index contributed by atoms with van der Waals surface area (Å²) in [5, 5.41) is 0. The van der Waals surface area contributed by atoms with Gasteiger partial charge in [0.25, 0.3) is 0 Å². The van der Waals surface area contributed by atoms with Crippen molar-refractivity contribution in [2.24, 2.45) is 4.99 Å². The summed E-state index contributed by atoms with van der Waals surface area (Å²) in [6.45, 7) is 0. The number of ether oxygens (including phenoxy) is 1. The van der Waals surface area contributed by atoms with Gasteiger partial charge >= 0.3 is 0 Å². The number of para-hydroxylation sites is 1. The van der Waals surface area contributed by atoms with Crippen LogP contribution in [0.4, 0.5) is 5.69 Å². The SMILES string of the molecule is COc1cccc(C=Cc2ccccc2)c1N=Cc1ccccc1. The van der Waals surface area contributed by atoms with Crippen LogP contribution in [0.5, 0.6) is 5.75 Å². The molecule has 0 saturated heterocycles. The third-order valence-electron chi connectivity index (χ3n) is 3.65. The van der Waals surface area contributed by atoms with Gasteiger partial charge in [-0.1, -0.05) is 84.9 Å². The lowest BCUT2D eigenvalue weighted by Crippen LogP contribution is -1.87. The highest BCUT2D eigenvalue weighted by Gasteiger charge is 2.05. The molecule has 0 aliphatic heterocycles. The normalized spacial score (nSPS) is 11.2. The maximum atomic E-state index is 5.48. The second kappa shape index (κ2) is 7.93. The van der Waals surface area contributed by atoms with Crippen LogP contribution in [0.2, 0.25) is 0 Å². The number of hydrogen-bond acceptors (Lipinski definition) is 2. The third-order valence-corrected chi connectivity index (χ3v) is 3.65. The standard InChI is InChI=1S/C22H19NO/c1-24-21-14-8-13-20(16-15-18-9-4-2-5-10-18)22(21)23-17-19-11-6-3-7-12-19/h2-17H,1H3. The van der Waals surface area contributed by atoms with Crippen LogP contribution in [0.25, 0.3) is 12.2 Å². The maximum absolute atomic E-state index is 5.48. The van der Waals surface area contributed by atoms with Gasteiger partial charge in [-0.2, -0.15) is 0 Å². The number of nitrogens with zero attached hydrogens (tertiary/aromatic N) is 1. The molecule has 0 aliphatic carbocycles. The zero-order valence-corrected chi connectivity index (χ0v) is 13.6. The van der Waals surface area contributed by atoms with E-state index in [4.69, 9.17) is 4.74 Å². The molecule has 24 heavy (non-hydrogen) atoms. The van der Waals surface area contributed by atoms with Gasteiger partial charge in [-0.15, -0.1) is 0 Å². The van der Waals surface area contributed by atoms with Crippen LogP contribution in [0.15, 0.2) is 83.9 Å². The molecule has 3 aromatic carbocycles. The number of rotatable bonds is 5. The van der Waals surface area contributed by atoms with Gasteiger partial charge in [0.1, 0.15) is 11.4 Å². The average molecular weight is 313 g/mol. The van der Waals surface area contributed by atoms with E-state index >= 15 is 0 Å².